The van der Waals surface area contributed by atoms with Gasteiger partial charge in [0.05, 0.1) is 0 Å². The van der Waals surface area contributed by atoms with Gasteiger partial charge in [0, 0.05) is 25.4 Å². The number of nitrogens with one attached hydrogen (secondary N) is 1. The van der Waals surface area contributed by atoms with Crippen molar-refractivity contribution in [1.82, 2.24) is 20.4 Å². The topological polar surface area (TPSA) is 54.2 Å². The van der Waals surface area contributed by atoms with E-state index in [1.165, 1.54) is 32.2 Å². The lowest BCUT2D eigenvalue weighted by atomic mass is 9.95. The average Bonchev–Trinajstić information content (AvgIpc) is 2.88. The quantitative estimate of drug-likeness (QED) is 0.895. The first-order valence-corrected chi connectivity index (χ1v) is 7.53. The van der Waals surface area contributed by atoms with Crippen molar-refractivity contribution in [3.8, 4) is 0 Å². The molecule has 0 radical (unpaired) electrons. The Kier molecular flexibility index (Phi) is 4.13. The van der Waals surface area contributed by atoms with Gasteiger partial charge in [-0.05, 0) is 51.7 Å². The zero-order valence-corrected chi connectivity index (χ0v) is 11.8. The summed E-state index contributed by atoms with van der Waals surface area (Å²) in [4.78, 5) is 7.02. The molecule has 0 saturated carbocycles. The van der Waals surface area contributed by atoms with E-state index in [4.69, 9.17) is 4.52 Å². The van der Waals surface area contributed by atoms with E-state index in [-0.39, 0.29) is 0 Å². The van der Waals surface area contributed by atoms with Crippen LogP contribution in [-0.4, -0.2) is 48.3 Å². The van der Waals surface area contributed by atoms with E-state index in [1.807, 2.05) is 0 Å². The summed E-state index contributed by atoms with van der Waals surface area (Å²) < 4.78 is 5.45. The number of rotatable bonds is 3. The second kappa shape index (κ2) is 6.01. The molecule has 3 heterocycles. The van der Waals surface area contributed by atoms with Crippen molar-refractivity contribution in [3.63, 3.8) is 0 Å². The van der Waals surface area contributed by atoms with Crippen LogP contribution in [0.15, 0.2) is 4.52 Å². The van der Waals surface area contributed by atoms with Crippen molar-refractivity contribution < 1.29 is 4.52 Å². The molecule has 0 aliphatic carbocycles. The van der Waals surface area contributed by atoms with Crippen LogP contribution in [0.4, 0.5) is 0 Å². The zero-order valence-electron chi connectivity index (χ0n) is 11.8. The molecule has 2 atom stereocenters. The van der Waals surface area contributed by atoms with Gasteiger partial charge in [-0.15, -0.1) is 0 Å². The van der Waals surface area contributed by atoms with Gasteiger partial charge in [0.1, 0.15) is 0 Å². The normalized spacial score (nSPS) is 29.5. The number of piperidine rings is 2. The van der Waals surface area contributed by atoms with Crippen molar-refractivity contribution in [2.75, 3.05) is 33.2 Å². The minimum Gasteiger partial charge on any atom is -0.339 e. The van der Waals surface area contributed by atoms with E-state index < -0.39 is 0 Å². The maximum Gasteiger partial charge on any atom is 0.226 e. The summed E-state index contributed by atoms with van der Waals surface area (Å²) in [6, 6.07) is 0. The Hall–Kier alpha value is -0.940. The highest BCUT2D eigenvalue weighted by Crippen LogP contribution is 2.23. The summed E-state index contributed by atoms with van der Waals surface area (Å²) in [5.74, 6) is 2.86. The molecule has 5 nitrogen and oxygen atoms in total. The van der Waals surface area contributed by atoms with Crippen LogP contribution in [0.3, 0.4) is 0 Å². The van der Waals surface area contributed by atoms with E-state index in [9.17, 15) is 0 Å². The van der Waals surface area contributed by atoms with Gasteiger partial charge >= 0.3 is 0 Å². The summed E-state index contributed by atoms with van der Waals surface area (Å²) >= 11 is 0. The van der Waals surface area contributed by atoms with Crippen molar-refractivity contribution in [2.45, 2.75) is 38.0 Å². The number of nitrogens with zero attached hydrogens (tertiary/aromatic N) is 3. The molecule has 0 bridgehead atoms. The first-order chi connectivity index (χ1) is 9.31. The van der Waals surface area contributed by atoms with E-state index in [0.29, 0.717) is 11.8 Å². The molecule has 19 heavy (non-hydrogen) atoms. The zero-order chi connectivity index (χ0) is 13.1. The summed E-state index contributed by atoms with van der Waals surface area (Å²) in [6.07, 6.45) is 5.90. The van der Waals surface area contributed by atoms with Crippen LogP contribution >= 0.6 is 0 Å². The number of hydrogen-bond donors (Lipinski definition) is 1. The molecule has 3 rings (SSSR count). The molecule has 2 saturated heterocycles. The maximum atomic E-state index is 5.45. The molecule has 0 amide bonds. The van der Waals surface area contributed by atoms with E-state index >= 15 is 0 Å². The SMILES string of the molecule is CN1CCCC(Cc2nc(C3CCCNC3)no2)C1. The molecule has 1 aromatic rings. The fourth-order valence-electron chi connectivity index (χ4n) is 3.28. The highest BCUT2D eigenvalue weighted by Gasteiger charge is 2.23. The highest BCUT2D eigenvalue weighted by molar-refractivity contribution is 4.99. The predicted molar refractivity (Wildman–Crippen MR) is 73.1 cm³/mol. The highest BCUT2D eigenvalue weighted by atomic mass is 16.5. The maximum absolute atomic E-state index is 5.45. The van der Waals surface area contributed by atoms with Crippen molar-refractivity contribution in [2.24, 2.45) is 5.92 Å². The largest absolute Gasteiger partial charge is 0.339 e. The van der Waals surface area contributed by atoms with E-state index in [2.05, 4.69) is 27.4 Å². The fraction of sp³-hybridized carbons (Fsp3) is 0.857. The van der Waals surface area contributed by atoms with Crippen molar-refractivity contribution in [1.29, 1.82) is 0 Å². The van der Waals surface area contributed by atoms with Crippen LogP contribution in [0.25, 0.3) is 0 Å². The number of aromatic nitrogens is 2. The van der Waals surface area contributed by atoms with Crippen molar-refractivity contribution >= 4 is 0 Å². The summed E-state index contributed by atoms with van der Waals surface area (Å²) in [5, 5.41) is 7.59. The van der Waals surface area contributed by atoms with Gasteiger partial charge in [-0.1, -0.05) is 5.16 Å². The molecule has 2 aliphatic rings. The van der Waals surface area contributed by atoms with Gasteiger partial charge in [0.25, 0.3) is 0 Å². The summed E-state index contributed by atoms with van der Waals surface area (Å²) in [6.45, 7) is 4.49. The smallest absolute Gasteiger partial charge is 0.226 e. The molecule has 2 aliphatic heterocycles. The Morgan fingerprint density at radius 2 is 2.32 bits per heavy atom. The Labute approximate surface area is 114 Å². The van der Waals surface area contributed by atoms with E-state index in [0.717, 1.165) is 37.8 Å². The fourth-order valence-corrected chi connectivity index (χ4v) is 3.28. The molecule has 1 aromatic heterocycles. The minimum absolute atomic E-state index is 0.445. The second-order valence-corrected chi connectivity index (χ2v) is 6.06. The third-order valence-corrected chi connectivity index (χ3v) is 4.33. The molecule has 5 heteroatoms. The molecule has 106 valence electrons. The lowest BCUT2D eigenvalue weighted by Gasteiger charge is -2.28. The van der Waals surface area contributed by atoms with Gasteiger partial charge < -0.3 is 14.7 Å². The standard InChI is InChI=1S/C14H24N4O/c1-18-7-3-4-11(10-18)8-13-16-14(17-19-13)12-5-2-6-15-9-12/h11-12,15H,2-10H2,1H3. The van der Waals surface area contributed by atoms with Crippen LogP contribution in [0.5, 0.6) is 0 Å². The third-order valence-electron chi connectivity index (χ3n) is 4.33. The lowest BCUT2D eigenvalue weighted by Crippen LogP contribution is -2.33. The van der Waals surface area contributed by atoms with Gasteiger partial charge in [-0.2, -0.15) is 4.98 Å². The molecule has 0 aromatic carbocycles. The van der Waals surface area contributed by atoms with Crippen LogP contribution in [0.1, 0.15) is 43.3 Å². The van der Waals surface area contributed by atoms with Gasteiger partial charge in [0.15, 0.2) is 5.82 Å². The molecular formula is C14H24N4O. The van der Waals surface area contributed by atoms with Crippen LogP contribution in [0.2, 0.25) is 0 Å². The van der Waals surface area contributed by atoms with E-state index in [1.54, 1.807) is 0 Å². The number of hydrogen-bond acceptors (Lipinski definition) is 5. The Morgan fingerprint density at radius 3 is 3.11 bits per heavy atom. The Balaban J connectivity index is 1.58. The summed E-state index contributed by atoms with van der Waals surface area (Å²) in [5.41, 5.74) is 0. The van der Waals surface area contributed by atoms with Crippen molar-refractivity contribution in [3.05, 3.63) is 11.7 Å². The first-order valence-electron chi connectivity index (χ1n) is 7.53. The molecule has 0 spiro atoms. The monoisotopic (exact) mass is 264 g/mol. The third kappa shape index (κ3) is 3.34. The first kappa shape index (κ1) is 13.1. The predicted octanol–water partition coefficient (Wildman–Crippen LogP) is 1.42. The average molecular weight is 264 g/mol. The Bertz CT molecular complexity index is 400. The van der Waals surface area contributed by atoms with Gasteiger partial charge in [-0.3, -0.25) is 0 Å². The van der Waals surface area contributed by atoms with Crippen LogP contribution < -0.4 is 5.32 Å². The molecular weight excluding hydrogens is 240 g/mol. The molecule has 2 unspecified atom stereocenters. The number of likely N-dealkylation sites (tertiary alicyclic amines) is 1. The van der Waals surface area contributed by atoms with Gasteiger partial charge in [0.2, 0.25) is 5.89 Å². The minimum atomic E-state index is 0.445. The second-order valence-electron chi connectivity index (χ2n) is 6.06. The Morgan fingerprint density at radius 1 is 1.37 bits per heavy atom. The van der Waals surface area contributed by atoms with Crippen LogP contribution in [-0.2, 0) is 6.42 Å². The molecule has 2 fully saturated rings. The lowest BCUT2D eigenvalue weighted by molar-refractivity contribution is 0.198. The van der Waals surface area contributed by atoms with Gasteiger partial charge in [-0.25, -0.2) is 0 Å². The summed E-state index contributed by atoms with van der Waals surface area (Å²) in [7, 11) is 2.19. The van der Waals surface area contributed by atoms with Crippen LogP contribution in [0, 0.1) is 5.92 Å². The molecule has 1 N–H and O–H groups in total.